The van der Waals surface area contributed by atoms with Crippen molar-refractivity contribution in [3.05, 3.63) is 133 Å². The van der Waals surface area contributed by atoms with Crippen molar-refractivity contribution in [3.63, 3.8) is 0 Å². The number of fused-ring (bicyclic) bond motifs is 2. The molecule has 6 heterocycles. The van der Waals surface area contributed by atoms with Gasteiger partial charge in [-0.2, -0.15) is 0 Å². The summed E-state index contributed by atoms with van der Waals surface area (Å²) in [4.78, 5) is 68.8. The van der Waals surface area contributed by atoms with Gasteiger partial charge in [0.25, 0.3) is 0 Å². The minimum Gasteiger partial charge on any atom is -0.445 e. The fourth-order valence-electron chi connectivity index (χ4n) is 9.35. The number of nitrogens with one attached hydrogen (secondary N) is 1. The summed E-state index contributed by atoms with van der Waals surface area (Å²) in [7, 11) is 7.37. The molecule has 4 aromatic heterocycles. The number of ketones is 2. The van der Waals surface area contributed by atoms with E-state index >= 15 is 0 Å². The first-order valence-electron chi connectivity index (χ1n) is 24.2. The number of hydrogen-bond acceptors (Lipinski definition) is 19. The fourth-order valence-corrected chi connectivity index (χ4v) is 9.35. The summed E-state index contributed by atoms with van der Waals surface area (Å²) in [5.41, 5.74) is 10.8. The molecule has 1 amide bonds. The Morgan fingerprint density at radius 1 is 0.635 bits per heavy atom. The van der Waals surface area contributed by atoms with Crippen molar-refractivity contribution >= 4 is 51.6 Å². The van der Waals surface area contributed by atoms with Crippen LogP contribution in [0, 0.1) is 11.8 Å². The summed E-state index contributed by atoms with van der Waals surface area (Å²) < 4.78 is 20.6. The molecule has 22 nitrogen and oxygen atoms in total. The van der Waals surface area contributed by atoms with Crippen molar-refractivity contribution in [1.82, 2.24) is 44.4 Å². The third-order valence-electron chi connectivity index (χ3n) is 13.2. The van der Waals surface area contributed by atoms with E-state index in [4.69, 9.17) is 19.9 Å². The highest BCUT2D eigenvalue weighted by atomic mass is 16.6. The zero-order valence-corrected chi connectivity index (χ0v) is 41.5. The van der Waals surface area contributed by atoms with E-state index in [1.54, 1.807) is 14.0 Å². The molecule has 0 saturated carbocycles. The van der Waals surface area contributed by atoms with E-state index < -0.39 is 73.5 Å². The molecule has 9 rings (SSSR count). The first kappa shape index (κ1) is 53.0. The standard InChI is InChI=1S/C30H34N6O6.C22H28N6O4/c1-35(2)27-25-28(32-17-31-27)36(18-33-25)29-26(39)21(24(15-37)42-29)14-23(38)22(13-19-9-5-3-6-10-19)34-30(40)41-16-20-11-7-4-8-12-20;1-27(2)20-18-21(25-11-24-20)28(12-26-18)22-19(31)14(17(10-29)32-22)9-16(30)15(23)8-13-6-4-3-5-7-13/h3-12,17-18,21-22,24,26,29,37,39H,13-16H2,1-2H3,(H,34,40);3-7,11-12,14-15,17,19,22,29,31H,8-10,23H2,1-2H3/t21-,22-,24+,26?,29+;14-,15-,17+,19?,22+/m00/s1. The minimum atomic E-state index is -1.16. The smallest absolute Gasteiger partial charge is 0.408 e. The van der Waals surface area contributed by atoms with Crippen LogP contribution in [0.25, 0.3) is 22.3 Å². The maximum Gasteiger partial charge on any atom is 0.408 e. The highest BCUT2D eigenvalue weighted by molar-refractivity contribution is 5.88. The molecule has 7 aromatic rings. The van der Waals surface area contributed by atoms with Crippen LogP contribution in [0.4, 0.5) is 16.4 Å². The molecule has 2 unspecified atom stereocenters. The molecular formula is C52H62N12O10. The van der Waals surface area contributed by atoms with Gasteiger partial charge >= 0.3 is 6.09 Å². The number of carbonyl (C=O) groups excluding carboxylic acids is 3. The molecule has 2 aliphatic heterocycles. The number of nitrogens with zero attached hydrogens (tertiary/aromatic N) is 10. The van der Waals surface area contributed by atoms with Crippen molar-refractivity contribution in [2.75, 3.05) is 51.2 Å². The lowest BCUT2D eigenvalue weighted by molar-refractivity contribution is -0.123. The van der Waals surface area contributed by atoms with Gasteiger partial charge in [0.05, 0.1) is 50.2 Å². The van der Waals surface area contributed by atoms with E-state index in [1.807, 2.05) is 124 Å². The SMILES string of the molecule is CN(C)c1ncnc2c1ncn2[C@@H]1O[C@H](CO)[C@H](CC(=O)[C@@H](N)Cc2ccccc2)C1O.CN(C)c1ncnc2c1ncn2[C@@H]1O[C@H](CO)[C@H](CC(=O)[C@H](Cc2ccccc2)NC(=O)OCc2ccccc2)C1O. The Morgan fingerprint density at radius 3 is 1.51 bits per heavy atom. The Hall–Kier alpha value is -7.31. The van der Waals surface area contributed by atoms with Crippen molar-refractivity contribution in [1.29, 1.82) is 0 Å². The number of anilines is 2. The molecule has 3 aromatic carbocycles. The molecule has 2 fully saturated rings. The average Bonchev–Trinajstić information content (AvgIpc) is 4.19. The van der Waals surface area contributed by atoms with E-state index in [1.165, 1.54) is 25.3 Å². The topological polar surface area (TPSA) is 292 Å². The number of amides is 1. The second kappa shape index (κ2) is 24.2. The summed E-state index contributed by atoms with van der Waals surface area (Å²) in [5, 5.41) is 45.1. The zero-order valence-electron chi connectivity index (χ0n) is 41.5. The van der Waals surface area contributed by atoms with Crippen LogP contribution in [-0.2, 0) is 43.2 Å². The molecule has 2 aliphatic rings. The maximum atomic E-state index is 13.7. The number of alkyl carbamates (subject to hydrolysis) is 1. The molecule has 7 N–H and O–H groups in total. The molecule has 390 valence electrons. The molecule has 0 bridgehead atoms. The summed E-state index contributed by atoms with van der Waals surface area (Å²) >= 11 is 0. The maximum absolute atomic E-state index is 13.7. The van der Waals surface area contributed by atoms with Gasteiger partial charge in [0.1, 0.15) is 37.3 Å². The molecule has 2 saturated heterocycles. The van der Waals surface area contributed by atoms with Gasteiger partial charge in [-0.05, 0) is 29.5 Å². The Kier molecular flexibility index (Phi) is 17.3. The minimum absolute atomic E-state index is 0.00144. The number of carbonyl (C=O) groups is 3. The molecule has 10 atom stereocenters. The van der Waals surface area contributed by atoms with Crippen LogP contribution < -0.4 is 20.9 Å². The van der Waals surface area contributed by atoms with E-state index in [2.05, 4.69) is 35.2 Å². The number of nitrogens with two attached hydrogens (primary N) is 1. The number of aliphatic hydroxyl groups is 4. The molecule has 74 heavy (non-hydrogen) atoms. The molecule has 0 aliphatic carbocycles. The monoisotopic (exact) mass is 1010 g/mol. The Labute approximate surface area is 426 Å². The molecule has 22 heteroatoms. The third kappa shape index (κ3) is 12.0. The predicted octanol–water partition coefficient (Wildman–Crippen LogP) is 2.54. The van der Waals surface area contributed by atoms with E-state index in [-0.39, 0.29) is 44.0 Å². The summed E-state index contributed by atoms with van der Waals surface area (Å²) in [5.74, 6) is -0.625. The molecule has 0 radical (unpaired) electrons. The third-order valence-corrected chi connectivity index (χ3v) is 13.2. The van der Waals surface area contributed by atoms with Gasteiger partial charge in [-0.25, -0.2) is 34.7 Å². The number of aromatic nitrogens is 8. The van der Waals surface area contributed by atoms with Gasteiger partial charge in [0.15, 0.2) is 52.2 Å². The van der Waals surface area contributed by atoms with Gasteiger partial charge in [0, 0.05) is 52.9 Å². The summed E-state index contributed by atoms with van der Waals surface area (Å²) in [6.07, 6.45) is 0.0829. The van der Waals surface area contributed by atoms with Crippen LogP contribution >= 0.6 is 0 Å². The van der Waals surface area contributed by atoms with Crippen LogP contribution in [0.2, 0.25) is 0 Å². The Morgan fingerprint density at radius 2 is 1.07 bits per heavy atom. The van der Waals surface area contributed by atoms with E-state index in [0.29, 0.717) is 40.4 Å². The van der Waals surface area contributed by atoms with Gasteiger partial charge in [-0.1, -0.05) is 91.0 Å². The fraction of sp³-hybridized carbons (Fsp3) is 0.404. The first-order chi connectivity index (χ1) is 35.8. The predicted molar refractivity (Wildman–Crippen MR) is 271 cm³/mol. The van der Waals surface area contributed by atoms with Gasteiger partial charge in [-0.3, -0.25) is 18.7 Å². The average molecular weight is 1020 g/mol. The van der Waals surface area contributed by atoms with Crippen LogP contribution in [0.1, 0.15) is 42.0 Å². The number of imidazole rings is 2. The second-order valence-electron chi connectivity index (χ2n) is 18.7. The number of hydrogen-bond donors (Lipinski definition) is 6. The molecule has 0 spiro atoms. The number of Topliss-reactive ketones (excluding diaryl/α,β-unsaturated/α-hetero) is 2. The second-order valence-corrected chi connectivity index (χ2v) is 18.7. The summed E-state index contributed by atoms with van der Waals surface area (Å²) in [6, 6.07) is 26.4. The van der Waals surface area contributed by atoms with Crippen LogP contribution in [0.3, 0.4) is 0 Å². The zero-order chi connectivity index (χ0) is 52.5. The quantitative estimate of drug-likeness (QED) is 0.0678. The van der Waals surface area contributed by atoms with Gasteiger partial charge < -0.3 is 55.5 Å². The Balaban J connectivity index is 0.000000204. The van der Waals surface area contributed by atoms with Gasteiger partial charge in [0.2, 0.25) is 0 Å². The number of benzene rings is 3. The highest BCUT2D eigenvalue weighted by Crippen LogP contribution is 2.40. The number of aliphatic hydroxyl groups excluding tert-OH is 4. The highest BCUT2D eigenvalue weighted by Gasteiger charge is 2.47. The number of rotatable bonds is 19. The lowest BCUT2D eigenvalue weighted by Crippen LogP contribution is -2.44. The van der Waals surface area contributed by atoms with Crippen LogP contribution in [0.5, 0.6) is 0 Å². The van der Waals surface area contributed by atoms with Crippen LogP contribution in [0.15, 0.2) is 116 Å². The van der Waals surface area contributed by atoms with Crippen LogP contribution in [-0.4, -0.2) is 155 Å². The van der Waals surface area contributed by atoms with Crippen molar-refractivity contribution in [2.24, 2.45) is 17.6 Å². The lowest BCUT2D eigenvalue weighted by Gasteiger charge is -2.23. The van der Waals surface area contributed by atoms with E-state index in [9.17, 15) is 34.8 Å². The van der Waals surface area contributed by atoms with Crippen molar-refractivity contribution in [2.45, 2.75) is 81.2 Å². The normalized spacial score (nSPS) is 22.2. The van der Waals surface area contributed by atoms with Crippen molar-refractivity contribution in [3.8, 4) is 0 Å². The van der Waals surface area contributed by atoms with Crippen molar-refractivity contribution < 1.29 is 49.0 Å². The van der Waals surface area contributed by atoms with E-state index in [0.717, 1.165) is 16.7 Å². The number of ether oxygens (including phenoxy) is 3. The molecular weight excluding hydrogens is 953 g/mol. The first-order valence-corrected chi connectivity index (χ1v) is 24.2. The lowest BCUT2D eigenvalue weighted by atomic mass is 9.88. The Bertz CT molecular complexity index is 2960. The largest absolute Gasteiger partial charge is 0.445 e. The summed E-state index contributed by atoms with van der Waals surface area (Å²) in [6.45, 7) is -0.684. The van der Waals surface area contributed by atoms with Gasteiger partial charge in [-0.15, -0.1) is 0 Å².